The molecule has 10 heteroatoms. The maximum absolute atomic E-state index is 14.1. The minimum absolute atomic E-state index is 0.0289. The summed E-state index contributed by atoms with van der Waals surface area (Å²) in [5.41, 5.74) is 0.929. The highest BCUT2D eigenvalue weighted by Gasteiger charge is 2.57. The second kappa shape index (κ2) is 7.74. The van der Waals surface area contributed by atoms with Crippen molar-refractivity contribution < 1.29 is 23.7 Å². The van der Waals surface area contributed by atoms with Crippen molar-refractivity contribution in [1.82, 2.24) is 4.90 Å². The molecule has 2 atom stereocenters. The monoisotopic (exact) mass is 479 g/mol. The topological polar surface area (TPSA) is 101 Å². The molecule has 3 aromatic carbocycles. The maximum Gasteiger partial charge on any atom is 0.270 e. The molecule has 0 unspecified atom stereocenters. The number of non-ortho nitro benzene ring substituents is 1. The van der Waals surface area contributed by atoms with Crippen LogP contribution in [0.2, 0.25) is 5.02 Å². The van der Waals surface area contributed by atoms with E-state index in [1.165, 1.54) is 29.2 Å². The summed E-state index contributed by atoms with van der Waals surface area (Å²) in [7, 11) is 0. The van der Waals surface area contributed by atoms with Crippen LogP contribution in [0, 0.1) is 22.9 Å². The zero-order valence-corrected chi connectivity index (χ0v) is 18.3. The summed E-state index contributed by atoms with van der Waals surface area (Å²) in [5, 5.41) is 11.6. The third-order valence-electron chi connectivity index (χ3n) is 6.15. The maximum atomic E-state index is 14.1. The number of benzene rings is 3. The number of nitrogens with zero attached hydrogens (tertiary/aromatic N) is 3. The molecule has 3 amide bonds. The van der Waals surface area contributed by atoms with Gasteiger partial charge in [-0.2, -0.15) is 0 Å². The van der Waals surface area contributed by atoms with Crippen LogP contribution in [0.15, 0.2) is 60.7 Å². The largest absolute Gasteiger partial charge is 0.300 e. The van der Waals surface area contributed by atoms with E-state index in [1.807, 2.05) is 0 Å². The van der Waals surface area contributed by atoms with Gasteiger partial charge < -0.3 is 4.90 Å². The van der Waals surface area contributed by atoms with Crippen molar-refractivity contribution in [3.63, 3.8) is 0 Å². The van der Waals surface area contributed by atoms with Crippen LogP contribution in [0.1, 0.15) is 37.9 Å². The molecule has 34 heavy (non-hydrogen) atoms. The number of carbonyl (C=O) groups is 3. The molecule has 2 aliphatic heterocycles. The normalized spacial score (nSPS) is 19.3. The van der Waals surface area contributed by atoms with Crippen LogP contribution in [0.3, 0.4) is 0 Å². The van der Waals surface area contributed by atoms with Gasteiger partial charge >= 0.3 is 0 Å². The van der Waals surface area contributed by atoms with Gasteiger partial charge in [0, 0.05) is 22.8 Å². The number of nitro groups is 1. The highest BCUT2D eigenvalue weighted by Crippen LogP contribution is 2.46. The predicted octanol–water partition coefficient (Wildman–Crippen LogP) is 4.45. The molecule has 1 saturated heterocycles. The second-order valence-corrected chi connectivity index (χ2v) is 8.41. The summed E-state index contributed by atoms with van der Waals surface area (Å²) in [6, 6.07) is 11.8. The van der Waals surface area contributed by atoms with Gasteiger partial charge in [-0.3, -0.25) is 29.4 Å². The van der Waals surface area contributed by atoms with Gasteiger partial charge in [-0.15, -0.1) is 0 Å². The molecule has 170 valence electrons. The minimum atomic E-state index is -1.26. The molecule has 5 rings (SSSR count). The van der Waals surface area contributed by atoms with E-state index in [-0.39, 0.29) is 16.8 Å². The van der Waals surface area contributed by atoms with Crippen LogP contribution in [-0.4, -0.2) is 33.6 Å². The average molecular weight is 480 g/mol. The van der Waals surface area contributed by atoms with Crippen molar-refractivity contribution in [2.75, 3.05) is 4.90 Å². The number of rotatable bonds is 4. The Labute approximate surface area is 197 Å². The first kappa shape index (κ1) is 21.7. The van der Waals surface area contributed by atoms with Crippen LogP contribution in [0.25, 0.3) is 0 Å². The first-order valence-corrected chi connectivity index (χ1v) is 10.6. The van der Waals surface area contributed by atoms with E-state index in [1.54, 1.807) is 31.2 Å². The third-order valence-corrected chi connectivity index (χ3v) is 6.56. The summed E-state index contributed by atoms with van der Waals surface area (Å²) in [5.74, 6) is -2.65. The lowest BCUT2D eigenvalue weighted by Crippen LogP contribution is -2.67. The molecule has 0 aliphatic carbocycles. The van der Waals surface area contributed by atoms with Crippen LogP contribution in [0.5, 0.6) is 0 Å². The Morgan fingerprint density at radius 1 is 0.912 bits per heavy atom. The summed E-state index contributed by atoms with van der Waals surface area (Å²) >= 11 is 6.25. The Bertz CT molecular complexity index is 1430. The lowest BCUT2D eigenvalue weighted by atomic mass is 9.85. The van der Waals surface area contributed by atoms with Gasteiger partial charge in [-0.25, -0.2) is 4.39 Å². The molecule has 8 nitrogen and oxygen atoms in total. The highest BCUT2D eigenvalue weighted by atomic mass is 35.5. The zero-order valence-electron chi connectivity index (χ0n) is 17.6. The SMILES string of the molecule is Cc1c(Cl)cccc1N1C(=O)[C@@H](N2C(=O)c3ccc([N+](=O)[O-])cc3C2=O)[C@@H]1c1cccc(F)c1. The van der Waals surface area contributed by atoms with Crippen LogP contribution in [-0.2, 0) is 4.79 Å². The Balaban J connectivity index is 1.61. The quantitative estimate of drug-likeness (QED) is 0.238. The van der Waals surface area contributed by atoms with Crippen molar-refractivity contribution in [2.24, 2.45) is 0 Å². The van der Waals surface area contributed by atoms with Gasteiger partial charge in [0.25, 0.3) is 23.4 Å². The fourth-order valence-corrected chi connectivity index (χ4v) is 4.66. The van der Waals surface area contributed by atoms with Gasteiger partial charge in [-0.1, -0.05) is 29.8 Å². The number of imide groups is 1. The lowest BCUT2D eigenvalue weighted by molar-refractivity contribution is -0.384. The first-order chi connectivity index (χ1) is 16.2. The molecule has 0 saturated carbocycles. The molecule has 0 aromatic heterocycles. The summed E-state index contributed by atoms with van der Waals surface area (Å²) < 4.78 is 14.1. The Morgan fingerprint density at radius 2 is 1.62 bits per heavy atom. The number of halogens is 2. The van der Waals surface area contributed by atoms with E-state index in [2.05, 4.69) is 0 Å². The zero-order chi connectivity index (χ0) is 24.3. The molecule has 2 heterocycles. The van der Waals surface area contributed by atoms with Crippen molar-refractivity contribution in [1.29, 1.82) is 0 Å². The number of β-lactam (4-membered cyclic amide) rings is 1. The molecule has 3 aromatic rings. The Morgan fingerprint density at radius 3 is 2.32 bits per heavy atom. The fourth-order valence-electron chi connectivity index (χ4n) is 4.49. The van der Waals surface area contributed by atoms with Gasteiger partial charge in [0.15, 0.2) is 0 Å². The average Bonchev–Trinajstić information content (AvgIpc) is 3.04. The van der Waals surface area contributed by atoms with Crippen molar-refractivity contribution in [2.45, 2.75) is 19.0 Å². The number of hydrogen-bond donors (Lipinski definition) is 0. The van der Waals surface area contributed by atoms with Gasteiger partial charge in [0.2, 0.25) is 0 Å². The molecule has 0 bridgehead atoms. The van der Waals surface area contributed by atoms with Crippen molar-refractivity contribution >= 4 is 40.7 Å². The Hall–Kier alpha value is -4.11. The number of amides is 3. The number of fused-ring (bicyclic) bond motifs is 1. The molecular formula is C24H15ClFN3O5. The lowest BCUT2D eigenvalue weighted by Gasteiger charge is -2.50. The van der Waals surface area contributed by atoms with Crippen molar-refractivity contribution in [3.8, 4) is 0 Å². The van der Waals surface area contributed by atoms with Crippen LogP contribution < -0.4 is 4.90 Å². The summed E-state index contributed by atoms with van der Waals surface area (Å²) in [4.78, 5) is 52.4. The van der Waals surface area contributed by atoms with Gasteiger partial charge in [0.1, 0.15) is 11.9 Å². The van der Waals surface area contributed by atoms with Crippen LogP contribution >= 0.6 is 11.6 Å². The number of hydrogen-bond acceptors (Lipinski definition) is 5. The standard InChI is InChI=1S/C24H15ClFN3O5/c1-12-18(25)6-3-7-19(12)27-20(13-4-2-5-14(26)10-13)21(24(27)32)28-22(30)16-9-8-15(29(33)34)11-17(16)23(28)31/h2-11,20-21H,1H3/t20-,21-/m0/s1. The predicted molar refractivity (Wildman–Crippen MR) is 120 cm³/mol. The molecule has 0 radical (unpaired) electrons. The first-order valence-electron chi connectivity index (χ1n) is 10.2. The van der Waals surface area contributed by atoms with E-state index in [0.29, 0.717) is 21.8 Å². The third kappa shape index (κ3) is 3.08. The summed E-state index contributed by atoms with van der Waals surface area (Å²) in [6.07, 6.45) is 0. The van der Waals surface area contributed by atoms with E-state index in [0.717, 1.165) is 17.0 Å². The smallest absolute Gasteiger partial charge is 0.270 e. The molecule has 0 spiro atoms. The second-order valence-electron chi connectivity index (χ2n) is 8.00. The van der Waals surface area contributed by atoms with Crippen molar-refractivity contribution in [3.05, 3.63) is 104 Å². The fraction of sp³-hybridized carbons (Fsp3) is 0.125. The summed E-state index contributed by atoms with van der Waals surface area (Å²) in [6.45, 7) is 1.72. The van der Waals surface area contributed by atoms with E-state index in [9.17, 15) is 28.9 Å². The Kier molecular flexibility index (Phi) is 4.94. The van der Waals surface area contributed by atoms with E-state index < -0.39 is 40.5 Å². The number of anilines is 1. The van der Waals surface area contributed by atoms with E-state index >= 15 is 0 Å². The highest BCUT2D eigenvalue weighted by molar-refractivity contribution is 6.32. The molecule has 2 aliphatic rings. The molecular weight excluding hydrogens is 465 g/mol. The number of carbonyl (C=O) groups excluding carboxylic acids is 3. The van der Waals surface area contributed by atoms with Crippen LogP contribution in [0.4, 0.5) is 15.8 Å². The van der Waals surface area contributed by atoms with Gasteiger partial charge in [0.05, 0.1) is 22.1 Å². The number of nitro benzene ring substituents is 1. The van der Waals surface area contributed by atoms with E-state index in [4.69, 9.17) is 11.6 Å². The molecule has 0 N–H and O–H groups in total. The van der Waals surface area contributed by atoms with Gasteiger partial charge in [-0.05, 0) is 48.4 Å². The molecule has 1 fully saturated rings. The minimum Gasteiger partial charge on any atom is -0.300 e.